The summed E-state index contributed by atoms with van der Waals surface area (Å²) in [5, 5.41) is 12.3. The van der Waals surface area contributed by atoms with Gasteiger partial charge in [0.1, 0.15) is 5.82 Å². The lowest BCUT2D eigenvalue weighted by atomic mass is 9.79. The SMILES string of the molecule is CC(C)(CC(=O)O)CC(=O)N1C[C@@H](c2ccc(F)cc2)[C@@]2(CCCCC(=O)N2)C1. The molecule has 3 rings (SSSR count). The minimum atomic E-state index is -0.930. The molecule has 2 aliphatic rings. The van der Waals surface area contributed by atoms with E-state index in [0.29, 0.717) is 19.5 Å². The van der Waals surface area contributed by atoms with Crippen LogP contribution in [0.15, 0.2) is 24.3 Å². The highest BCUT2D eigenvalue weighted by Crippen LogP contribution is 2.42. The van der Waals surface area contributed by atoms with Gasteiger partial charge in [0.2, 0.25) is 11.8 Å². The van der Waals surface area contributed by atoms with Crippen molar-refractivity contribution in [3.63, 3.8) is 0 Å². The third kappa shape index (κ3) is 4.95. The number of carbonyl (C=O) groups excluding carboxylic acids is 2. The Morgan fingerprint density at radius 2 is 1.93 bits per heavy atom. The van der Waals surface area contributed by atoms with E-state index in [0.717, 1.165) is 24.8 Å². The molecule has 0 unspecified atom stereocenters. The number of hydrogen-bond donors (Lipinski definition) is 2. The second kappa shape index (κ2) is 8.13. The number of carbonyl (C=O) groups is 3. The summed E-state index contributed by atoms with van der Waals surface area (Å²) in [6.45, 7) is 4.36. The van der Waals surface area contributed by atoms with Crippen molar-refractivity contribution in [2.75, 3.05) is 13.1 Å². The first kappa shape index (κ1) is 21.3. The standard InChI is InChI=1S/C22H29FN2O4/c1-21(2,12-20(28)29)11-19(27)25-13-17(15-6-8-16(23)9-7-15)22(14-25)10-4-3-5-18(26)24-22/h6-9,17H,3-5,10-14H2,1-2H3,(H,24,26)(H,28,29)/t17-,22+/m0/s1. The molecule has 2 amide bonds. The molecule has 2 heterocycles. The number of rotatable bonds is 5. The molecule has 1 spiro atoms. The monoisotopic (exact) mass is 404 g/mol. The molecule has 7 heteroatoms. The highest BCUT2D eigenvalue weighted by atomic mass is 19.1. The van der Waals surface area contributed by atoms with Gasteiger partial charge in [-0.3, -0.25) is 14.4 Å². The van der Waals surface area contributed by atoms with Gasteiger partial charge in [0.15, 0.2) is 0 Å². The molecule has 1 aromatic carbocycles. The van der Waals surface area contributed by atoms with Crippen LogP contribution in [-0.2, 0) is 14.4 Å². The maximum absolute atomic E-state index is 13.4. The molecule has 2 N–H and O–H groups in total. The van der Waals surface area contributed by atoms with Crippen LogP contribution in [0, 0.1) is 11.2 Å². The number of nitrogens with zero attached hydrogens (tertiary/aromatic N) is 1. The molecule has 2 saturated heterocycles. The van der Waals surface area contributed by atoms with E-state index >= 15 is 0 Å². The average molecular weight is 404 g/mol. The number of hydrogen-bond acceptors (Lipinski definition) is 3. The Labute approximate surface area is 170 Å². The van der Waals surface area contributed by atoms with E-state index in [2.05, 4.69) is 5.32 Å². The van der Waals surface area contributed by atoms with E-state index in [4.69, 9.17) is 5.11 Å². The van der Waals surface area contributed by atoms with Crippen LogP contribution in [0.1, 0.15) is 63.9 Å². The van der Waals surface area contributed by atoms with E-state index in [1.807, 2.05) is 0 Å². The fourth-order valence-electron chi connectivity index (χ4n) is 4.72. The highest BCUT2D eigenvalue weighted by Gasteiger charge is 2.50. The maximum Gasteiger partial charge on any atom is 0.303 e. The smallest absolute Gasteiger partial charge is 0.303 e. The second-order valence-corrected chi connectivity index (χ2v) is 9.20. The highest BCUT2D eigenvalue weighted by molar-refractivity contribution is 5.80. The first-order chi connectivity index (χ1) is 13.6. The summed E-state index contributed by atoms with van der Waals surface area (Å²) >= 11 is 0. The van der Waals surface area contributed by atoms with Crippen molar-refractivity contribution in [3.8, 4) is 0 Å². The van der Waals surface area contributed by atoms with E-state index < -0.39 is 16.9 Å². The number of carboxylic acids is 1. The summed E-state index contributed by atoms with van der Waals surface area (Å²) in [5.41, 5.74) is -0.330. The Morgan fingerprint density at radius 3 is 2.59 bits per heavy atom. The molecule has 158 valence electrons. The molecule has 0 bridgehead atoms. The van der Waals surface area contributed by atoms with Crippen LogP contribution >= 0.6 is 0 Å². The third-order valence-electron chi connectivity index (χ3n) is 6.09. The molecular formula is C22H29FN2O4. The molecule has 0 aromatic heterocycles. The van der Waals surface area contributed by atoms with Gasteiger partial charge in [0, 0.05) is 31.8 Å². The van der Waals surface area contributed by atoms with Crippen LogP contribution in [0.25, 0.3) is 0 Å². The zero-order chi connectivity index (χ0) is 21.2. The second-order valence-electron chi connectivity index (χ2n) is 9.20. The number of halogens is 1. The van der Waals surface area contributed by atoms with Crippen molar-refractivity contribution in [3.05, 3.63) is 35.6 Å². The van der Waals surface area contributed by atoms with E-state index in [9.17, 15) is 18.8 Å². The van der Waals surface area contributed by atoms with Gasteiger partial charge in [-0.05, 0) is 36.0 Å². The normalized spacial score (nSPS) is 25.0. The topological polar surface area (TPSA) is 86.7 Å². The Morgan fingerprint density at radius 1 is 1.24 bits per heavy atom. The number of aliphatic carboxylic acids is 1. The number of amides is 2. The number of likely N-dealkylation sites (tertiary alicyclic amines) is 1. The Hall–Kier alpha value is -2.44. The molecule has 2 aliphatic heterocycles. The van der Waals surface area contributed by atoms with Crippen LogP contribution in [0.3, 0.4) is 0 Å². The van der Waals surface area contributed by atoms with Crippen molar-refractivity contribution in [2.24, 2.45) is 5.41 Å². The van der Waals surface area contributed by atoms with Gasteiger partial charge in [-0.25, -0.2) is 4.39 Å². The van der Waals surface area contributed by atoms with Gasteiger partial charge in [0.25, 0.3) is 0 Å². The Kier molecular flexibility index (Phi) is 5.96. The number of nitrogens with one attached hydrogen (secondary N) is 1. The van der Waals surface area contributed by atoms with Crippen molar-refractivity contribution in [2.45, 2.75) is 63.8 Å². The lowest BCUT2D eigenvalue weighted by molar-refractivity contribution is -0.140. The molecule has 29 heavy (non-hydrogen) atoms. The summed E-state index contributed by atoms with van der Waals surface area (Å²) in [6.07, 6.45) is 2.95. The average Bonchev–Trinajstić information content (AvgIpc) is 2.86. The van der Waals surface area contributed by atoms with Gasteiger partial charge in [-0.1, -0.05) is 32.4 Å². The largest absolute Gasteiger partial charge is 0.481 e. The lowest BCUT2D eigenvalue weighted by Gasteiger charge is -2.35. The number of benzene rings is 1. The van der Waals surface area contributed by atoms with Crippen LogP contribution in [0.4, 0.5) is 4.39 Å². The minimum Gasteiger partial charge on any atom is -0.481 e. The van der Waals surface area contributed by atoms with Crippen LogP contribution < -0.4 is 5.32 Å². The van der Waals surface area contributed by atoms with Crippen LogP contribution in [0.5, 0.6) is 0 Å². The van der Waals surface area contributed by atoms with Crippen molar-refractivity contribution < 1.29 is 23.9 Å². The summed E-state index contributed by atoms with van der Waals surface area (Å²) in [7, 11) is 0. The van der Waals surface area contributed by atoms with Crippen molar-refractivity contribution in [1.29, 1.82) is 0 Å². The maximum atomic E-state index is 13.4. The first-order valence-electron chi connectivity index (χ1n) is 10.2. The number of carboxylic acid groups (broad SMARTS) is 1. The summed E-state index contributed by atoms with van der Waals surface area (Å²) in [4.78, 5) is 38.2. The Bertz CT molecular complexity index is 793. The van der Waals surface area contributed by atoms with E-state index in [-0.39, 0.29) is 36.4 Å². The third-order valence-corrected chi connectivity index (χ3v) is 6.09. The zero-order valence-corrected chi connectivity index (χ0v) is 17.0. The first-order valence-corrected chi connectivity index (χ1v) is 10.2. The van der Waals surface area contributed by atoms with Crippen LogP contribution in [-0.4, -0.2) is 46.4 Å². The zero-order valence-electron chi connectivity index (χ0n) is 17.0. The van der Waals surface area contributed by atoms with Gasteiger partial charge in [0.05, 0.1) is 12.0 Å². The van der Waals surface area contributed by atoms with Gasteiger partial charge < -0.3 is 15.3 Å². The molecule has 0 saturated carbocycles. The van der Waals surface area contributed by atoms with E-state index in [1.165, 1.54) is 12.1 Å². The summed E-state index contributed by atoms with van der Waals surface area (Å²) < 4.78 is 13.4. The molecule has 2 atom stereocenters. The molecule has 1 aromatic rings. The van der Waals surface area contributed by atoms with E-state index in [1.54, 1.807) is 30.9 Å². The van der Waals surface area contributed by atoms with Crippen molar-refractivity contribution in [1.82, 2.24) is 10.2 Å². The Balaban J connectivity index is 1.86. The van der Waals surface area contributed by atoms with Gasteiger partial charge >= 0.3 is 5.97 Å². The fourth-order valence-corrected chi connectivity index (χ4v) is 4.72. The van der Waals surface area contributed by atoms with Gasteiger partial charge in [-0.15, -0.1) is 0 Å². The fraction of sp³-hybridized carbons (Fsp3) is 0.591. The predicted molar refractivity (Wildman–Crippen MR) is 106 cm³/mol. The molecule has 2 fully saturated rings. The summed E-state index contributed by atoms with van der Waals surface area (Å²) in [5.74, 6) is -1.51. The summed E-state index contributed by atoms with van der Waals surface area (Å²) in [6, 6.07) is 6.26. The quantitative estimate of drug-likeness (QED) is 0.790. The van der Waals surface area contributed by atoms with Crippen LogP contribution in [0.2, 0.25) is 0 Å². The molecule has 0 aliphatic carbocycles. The molecule has 0 radical (unpaired) electrons. The minimum absolute atomic E-state index is 0.0184. The lowest BCUT2D eigenvalue weighted by Crippen LogP contribution is -2.53. The predicted octanol–water partition coefficient (Wildman–Crippen LogP) is 3.07. The van der Waals surface area contributed by atoms with Gasteiger partial charge in [-0.2, -0.15) is 0 Å². The molecule has 6 nitrogen and oxygen atoms in total. The molecular weight excluding hydrogens is 375 g/mol. The van der Waals surface area contributed by atoms with Crippen molar-refractivity contribution >= 4 is 17.8 Å².